The topological polar surface area (TPSA) is 47.6 Å². The Labute approximate surface area is 118 Å². The van der Waals surface area contributed by atoms with Gasteiger partial charge in [0.1, 0.15) is 11.5 Å². The van der Waals surface area contributed by atoms with Gasteiger partial charge < -0.3 is 14.8 Å². The van der Waals surface area contributed by atoms with Crippen molar-refractivity contribution in [3.8, 4) is 11.5 Å². The summed E-state index contributed by atoms with van der Waals surface area (Å²) >= 11 is 1.60. The Kier molecular flexibility index (Phi) is 5.54. The first-order chi connectivity index (χ1) is 8.85. The maximum atomic E-state index is 11.9. The number of thioether (sulfide) groups is 1. The van der Waals surface area contributed by atoms with Gasteiger partial charge in [0.25, 0.3) is 0 Å². The number of nitrogens with one attached hydrogen (secondary N) is 1. The van der Waals surface area contributed by atoms with Crippen LogP contribution in [0.1, 0.15) is 20.8 Å². The Morgan fingerprint density at radius 1 is 1.26 bits per heavy atom. The minimum atomic E-state index is -0.0496. The quantitative estimate of drug-likeness (QED) is 0.901. The second-order valence-electron chi connectivity index (χ2n) is 5.02. The van der Waals surface area contributed by atoms with E-state index < -0.39 is 0 Å². The summed E-state index contributed by atoms with van der Waals surface area (Å²) < 4.78 is 10.4. The lowest BCUT2D eigenvalue weighted by Crippen LogP contribution is -2.19. The van der Waals surface area contributed by atoms with E-state index in [0.717, 1.165) is 0 Å². The van der Waals surface area contributed by atoms with E-state index >= 15 is 0 Å². The number of carbonyl (C=O) groups excluding carboxylic acids is 1. The molecule has 0 aromatic heterocycles. The lowest BCUT2D eigenvalue weighted by Gasteiger charge is -2.17. The van der Waals surface area contributed by atoms with Crippen LogP contribution in [0, 0.1) is 0 Å². The maximum Gasteiger partial charge on any atom is 0.234 e. The average Bonchev–Trinajstić information content (AvgIpc) is 2.35. The van der Waals surface area contributed by atoms with Crippen LogP contribution in [0.25, 0.3) is 0 Å². The molecule has 0 saturated carbocycles. The molecule has 0 saturated heterocycles. The van der Waals surface area contributed by atoms with Crippen LogP contribution in [0.5, 0.6) is 11.5 Å². The van der Waals surface area contributed by atoms with Gasteiger partial charge in [-0.05, 0) is 12.1 Å². The fourth-order valence-corrected chi connectivity index (χ4v) is 2.02. The smallest absolute Gasteiger partial charge is 0.234 e. The molecule has 0 aliphatic rings. The Balaban J connectivity index is 2.72. The van der Waals surface area contributed by atoms with E-state index in [1.54, 1.807) is 44.2 Å². The lowest BCUT2D eigenvalue weighted by molar-refractivity contribution is -0.113. The predicted octanol–water partition coefficient (Wildman–Crippen LogP) is 3.17. The Bertz CT molecular complexity index is 441. The molecule has 1 amide bonds. The Morgan fingerprint density at radius 3 is 2.47 bits per heavy atom. The summed E-state index contributed by atoms with van der Waals surface area (Å²) in [5.41, 5.74) is 0.626. The van der Waals surface area contributed by atoms with E-state index in [0.29, 0.717) is 22.9 Å². The van der Waals surface area contributed by atoms with Crippen molar-refractivity contribution in [2.45, 2.75) is 25.5 Å². The molecule has 0 aliphatic heterocycles. The number of rotatable bonds is 5. The minimum absolute atomic E-state index is 0.0496. The van der Waals surface area contributed by atoms with Gasteiger partial charge in [-0.25, -0.2) is 0 Å². The number of benzene rings is 1. The summed E-state index contributed by atoms with van der Waals surface area (Å²) in [6.45, 7) is 6.24. The van der Waals surface area contributed by atoms with Crippen LogP contribution in [-0.4, -0.2) is 30.6 Å². The van der Waals surface area contributed by atoms with Gasteiger partial charge in [-0.3, -0.25) is 4.79 Å². The fraction of sp³-hybridized carbons (Fsp3) is 0.500. The first-order valence-corrected chi connectivity index (χ1v) is 7.00. The molecule has 5 heteroatoms. The van der Waals surface area contributed by atoms with E-state index in [2.05, 4.69) is 26.1 Å². The van der Waals surface area contributed by atoms with Crippen molar-refractivity contribution in [3.05, 3.63) is 18.2 Å². The molecule has 106 valence electrons. The molecule has 4 nitrogen and oxygen atoms in total. The zero-order valence-electron chi connectivity index (χ0n) is 12.1. The highest BCUT2D eigenvalue weighted by atomic mass is 32.2. The third-order valence-corrected chi connectivity index (χ3v) is 3.59. The van der Waals surface area contributed by atoms with Crippen molar-refractivity contribution in [2.75, 3.05) is 25.3 Å². The summed E-state index contributed by atoms with van der Waals surface area (Å²) in [5.74, 6) is 1.66. The molecule has 0 aliphatic carbocycles. The van der Waals surface area contributed by atoms with Gasteiger partial charge in [0.05, 0.1) is 25.7 Å². The third-order valence-electron chi connectivity index (χ3n) is 2.32. The first kappa shape index (κ1) is 15.7. The van der Waals surface area contributed by atoms with Crippen LogP contribution >= 0.6 is 11.8 Å². The van der Waals surface area contributed by atoms with Crippen molar-refractivity contribution in [2.24, 2.45) is 0 Å². The number of ether oxygens (including phenoxy) is 2. The highest BCUT2D eigenvalue weighted by Crippen LogP contribution is 2.29. The maximum absolute atomic E-state index is 11.9. The largest absolute Gasteiger partial charge is 0.497 e. The molecule has 1 rings (SSSR count). The van der Waals surface area contributed by atoms with Gasteiger partial charge in [-0.2, -0.15) is 0 Å². The predicted molar refractivity (Wildman–Crippen MR) is 80.4 cm³/mol. The van der Waals surface area contributed by atoms with E-state index in [9.17, 15) is 4.79 Å². The molecule has 1 N–H and O–H groups in total. The number of carbonyl (C=O) groups is 1. The molecule has 0 unspecified atom stereocenters. The Hall–Kier alpha value is -1.36. The number of methoxy groups -OCH3 is 2. The highest BCUT2D eigenvalue weighted by Gasteiger charge is 2.15. The standard InChI is InChI=1S/C14H21NO3S/c1-14(2,3)19-9-13(16)15-11-8-10(17-4)6-7-12(11)18-5/h6-8H,9H2,1-5H3,(H,15,16). The molecule has 0 heterocycles. The van der Waals surface area contributed by atoms with Crippen LogP contribution in [0.15, 0.2) is 18.2 Å². The second-order valence-corrected chi connectivity index (χ2v) is 6.82. The number of hydrogen-bond donors (Lipinski definition) is 1. The summed E-state index contributed by atoms with van der Waals surface area (Å²) in [5, 5.41) is 2.84. The lowest BCUT2D eigenvalue weighted by atomic mass is 10.2. The molecule has 0 spiro atoms. The van der Waals surface area contributed by atoms with Gasteiger partial charge in [0.15, 0.2) is 0 Å². The van der Waals surface area contributed by atoms with E-state index in [1.165, 1.54) is 0 Å². The van der Waals surface area contributed by atoms with Gasteiger partial charge in [0, 0.05) is 10.8 Å². The zero-order valence-corrected chi connectivity index (χ0v) is 12.9. The van der Waals surface area contributed by atoms with E-state index in [4.69, 9.17) is 9.47 Å². The molecule has 0 atom stereocenters. The summed E-state index contributed by atoms with van der Waals surface area (Å²) in [6, 6.07) is 5.31. The molecular formula is C14H21NO3S. The summed E-state index contributed by atoms with van der Waals surface area (Å²) in [7, 11) is 3.16. The number of amides is 1. The molecular weight excluding hydrogens is 262 g/mol. The first-order valence-electron chi connectivity index (χ1n) is 6.01. The van der Waals surface area contributed by atoms with Crippen LogP contribution < -0.4 is 14.8 Å². The van der Waals surface area contributed by atoms with Gasteiger partial charge in [0.2, 0.25) is 5.91 Å². The molecule has 0 bridgehead atoms. The van der Waals surface area contributed by atoms with Crippen LogP contribution in [0.2, 0.25) is 0 Å². The van der Waals surface area contributed by atoms with Crippen molar-refractivity contribution >= 4 is 23.4 Å². The highest BCUT2D eigenvalue weighted by molar-refractivity contribution is 8.01. The van der Waals surface area contributed by atoms with Crippen LogP contribution in [0.3, 0.4) is 0 Å². The minimum Gasteiger partial charge on any atom is -0.497 e. The van der Waals surface area contributed by atoms with Crippen LogP contribution in [0.4, 0.5) is 5.69 Å². The normalized spacial score (nSPS) is 11.0. The monoisotopic (exact) mass is 283 g/mol. The van der Waals surface area contributed by atoms with Crippen molar-refractivity contribution in [3.63, 3.8) is 0 Å². The van der Waals surface area contributed by atoms with Crippen molar-refractivity contribution in [1.82, 2.24) is 0 Å². The molecule has 0 radical (unpaired) electrons. The summed E-state index contributed by atoms with van der Waals surface area (Å²) in [6.07, 6.45) is 0. The third kappa shape index (κ3) is 5.42. The number of anilines is 1. The molecule has 1 aromatic rings. The number of hydrogen-bond acceptors (Lipinski definition) is 4. The van der Waals surface area contributed by atoms with E-state index in [-0.39, 0.29) is 10.7 Å². The van der Waals surface area contributed by atoms with Gasteiger partial charge >= 0.3 is 0 Å². The molecule has 1 aromatic carbocycles. The fourth-order valence-electron chi connectivity index (χ4n) is 1.38. The van der Waals surface area contributed by atoms with Crippen LogP contribution in [-0.2, 0) is 4.79 Å². The SMILES string of the molecule is COc1ccc(OC)c(NC(=O)CSC(C)(C)C)c1. The molecule has 0 fully saturated rings. The van der Waals surface area contributed by atoms with Gasteiger partial charge in [-0.1, -0.05) is 20.8 Å². The van der Waals surface area contributed by atoms with Gasteiger partial charge in [-0.15, -0.1) is 11.8 Å². The zero-order chi connectivity index (χ0) is 14.5. The average molecular weight is 283 g/mol. The van der Waals surface area contributed by atoms with E-state index in [1.807, 2.05) is 0 Å². The van der Waals surface area contributed by atoms with Crippen molar-refractivity contribution in [1.29, 1.82) is 0 Å². The molecule has 19 heavy (non-hydrogen) atoms. The summed E-state index contributed by atoms with van der Waals surface area (Å²) in [4.78, 5) is 11.9. The second kappa shape index (κ2) is 6.70. The van der Waals surface area contributed by atoms with Crippen molar-refractivity contribution < 1.29 is 14.3 Å². The Morgan fingerprint density at radius 2 is 1.95 bits per heavy atom.